The smallest absolute Gasteiger partial charge is 0.373 e. The van der Waals surface area contributed by atoms with E-state index < -0.39 is 17.6 Å². The molecule has 0 amide bonds. The van der Waals surface area contributed by atoms with Crippen LogP contribution < -0.4 is 0 Å². The first-order valence-corrected chi connectivity index (χ1v) is 25.5. The van der Waals surface area contributed by atoms with Crippen LogP contribution in [0.1, 0.15) is 157 Å². The van der Waals surface area contributed by atoms with E-state index in [-0.39, 0.29) is 0 Å². The zero-order valence-electron chi connectivity index (χ0n) is 29.1. The zero-order chi connectivity index (χ0) is 31.7. The van der Waals surface area contributed by atoms with Crippen molar-refractivity contribution < 1.29 is 26.6 Å². The topological polar surface area (TPSA) is 55.4 Å². The maximum Gasteiger partial charge on any atom is 0.512 e. The van der Waals surface area contributed by atoms with Crippen LogP contribution in [0, 0.1) is 0 Å². The average molecular weight is 703 g/mol. The van der Waals surface area contributed by atoms with Gasteiger partial charge in [-0.1, -0.05) is 140 Å². The van der Waals surface area contributed by atoms with E-state index in [1.807, 2.05) is 21.6 Å². The number of hydrogen-bond donors (Lipinski definition) is 0. The Morgan fingerprint density at radius 2 is 0.535 bits per heavy atom. The minimum absolute atomic E-state index is 0.721. The molecule has 0 aromatic heterocycles. The third-order valence-electron chi connectivity index (χ3n) is 6.99. The van der Waals surface area contributed by atoms with Crippen molar-refractivity contribution in [1.82, 2.24) is 0 Å². The van der Waals surface area contributed by atoms with Gasteiger partial charge in [0, 0.05) is 39.6 Å². The molecule has 0 unspecified atom stereocenters. The summed E-state index contributed by atoms with van der Waals surface area (Å²) in [6.07, 6.45) is 20.5. The van der Waals surface area contributed by atoms with Crippen LogP contribution in [0.2, 0.25) is 0 Å². The van der Waals surface area contributed by atoms with Crippen molar-refractivity contribution in [1.29, 1.82) is 0 Å². The molecule has 0 rings (SSSR count). The van der Waals surface area contributed by atoms with Gasteiger partial charge in [-0.3, -0.25) is 0 Å². The van der Waals surface area contributed by atoms with E-state index in [1.54, 1.807) is 9.83 Å². The van der Waals surface area contributed by atoms with E-state index in [4.69, 9.17) is 26.6 Å². The van der Waals surface area contributed by atoms with Crippen molar-refractivity contribution in [3.05, 3.63) is 0 Å². The monoisotopic (exact) mass is 702 g/mol. The summed E-state index contributed by atoms with van der Waals surface area (Å²) >= 11 is 0. The van der Waals surface area contributed by atoms with E-state index in [0.717, 1.165) is 88.9 Å². The van der Waals surface area contributed by atoms with Crippen LogP contribution >= 0.6 is 31.4 Å². The highest BCUT2D eigenvalue weighted by molar-refractivity contribution is 9.09. The van der Waals surface area contributed by atoms with Crippen LogP contribution in [-0.4, -0.2) is 68.0 Å². The van der Waals surface area contributed by atoms with Crippen molar-refractivity contribution in [3.8, 4) is 0 Å². The molecule has 0 saturated carbocycles. The summed E-state index contributed by atoms with van der Waals surface area (Å²) in [6, 6.07) is 0. The Morgan fingerprint density at radius 3 is 0.721 bits per heavy atom. The van der Waals surface area contributed by atoms with Crippen LogP contribution in [0.5, 0.6) is 0 Å². The largest absolute Gasteiger partial charge is 0.512 e. The van der Waals surface area contributed by atoms with Gasteiger partial charge in [-0.05, 0) is 48.4 Å². The van der Waals surface area contributed by atoms with Crippen molar-refractivity contribution in [3.63, 3.8) is 0 Å². The highest BCUT2D eigenvalue weighted by atomic mass is 33.5. The van der Waals surface area contributed by atoms with Gasteiger partial charge in [0.2, 0.25) is 0 Å². The SMILES string of the molecule is CCCCCO[Si](CSSSC[Si](OCCCCC)(OCCCCC)OCCCCC)(OCCCCC)OCCCCC. The van der Waals surface area contributed by atoms with Crippen molar-refractivity contribution >= 4 is 49.0 Å². The Labute approximate surface area is 281 Å². The fraction of sp³-hybridized carbons (Fsp3) is 1.00. The van der Waals surface area contributed by atoms with E-state index in [9.17, 15) is 0 Å². The second-order valence-electron chi connectivity index (χ2n) is 11.3. The van der Waals surface area contributed by atoms with E-state index in [2.05, 4.69) is 41.5 Å². The quantitative estimate of drug-likeness (QED) is 0.0361. The van der Waals surface area contributed by atoms with Gasteiger partial charge in [-0.25, -0.2) is 0 Å². The first kappa shape index (κ1) is 44.2. The van der Waals surface area contributed by atoms with Gasteiger partial charge in [0.1, 0.15) is 0 Å². The lowest BCUT2D eigenvalue weighted by molar-refractivity contribution is 0.0604. The molecule has 0 heterocycles. The Bertz CT molecular complexity index is 461. The van der Waals surface area contributed by atoms with Crippen molar-refractivity contribution in [2.24, 2.45) is 0 Å². The van der Waals surface area contributed by atoms with Gasteiger partial charge < -0.3 is 26.6 Å². The third-order valence-corrected chi connectivity index (χ3v) is 19.2. The van der Waals surface area contributed by atoms with Crippen molar-refractivity contribution in [2.75, 3.05) is 50.4 Å². The molecule has 0 aromatic rings. The summed E-state index contributed by atoms with van der Waals surface area (Å²) in [7, 11) is -0.159. The summed E-state index contributed by atoms with van der Waals surface area (Å²) in [6.45, 7) is 17.7. The molecule has 0 N–H and O–H groups in total. The molecular formula is C32H70O6S3Si2. The molecule has 0 fully saturated rings. The Morgan fingerprint density at radius 1 is 0.326 bits per heavy atom. The van der Waals surface area contributed by atoms with Gasteiger partial charge in [-0.15, -0.1) is 0 Å². The predicted molar refractivity (Wildman–Crippen MR) is 197 cm³/mol. The summed E-state index contributed by atoms with van der Waals surface area (Å²) in [5.74, 6) is 0. The molecule has 43 heavy (non-hydrogen) atoms. The molecule has 0 radical (unpaired) electrons. The minimum atomic E-state index is -2.79. The highest BCUT2D eigenvalue weighted by Crippen LogP contribution is 2.39. The van der Waals surface area contributed by atoms with Gasteiger partial charge >= 0.3 is 17.6 Å². The lowest BCUT2D eigenvalue weighted by atomic mass is 10.3. The Balaban J connectivity index is 5.38. The van der Waals surface area contributed by atoms with Gasteiger partial charge in [0.05, 0.1) is 10.8 Å². The predicted octanol–water partition coefficient (Wildman–Crippen LogP) is 11.2. The molecular weight excluding hydrogens is 633 g/mol. The molecule has 0 saturated heterocycles. The van der Waals surface area contributed by atoms with E-state index in [0.29, 0.717) is 0 Å². The van der Waals surface area contributed by atoms with E-state index >= 15 is 0 Å². The highest BCUT2D eigenvalue weighted by Gasteiger charge is 2.43. The van der Waals surface area contributed by atoms with Crippen LogP contribution in [-0.2, 0) is 26.6 Å². The molecule has 0 aliphatic carbocycles. The van der Waals surface area contributed by atoms with Gasteiger partial charge in [0.25, 0.3) is 0 Å². The molecule has 0 aliphatic heterocycles. The van der Waals surface area contributed by atoms with Crippen LogP contribution in [0.25, 0.3) is 0 Å². The first-order chi connectivity index (χ1) is 21.1. The summed E-state index contributed by atoms with van der Waals surface area (Å²) in [4.78, 5) is 0. The van der Waals surface area contributed by atoms with Gasteiger partial charge in [0.15, 0.2) is 0 Å². The molecule has 0 aromatic carbocycles. The molecule has 6 nitrogen and oxygen atoms in total. The maximum absolute atomic E-state index is 6.55. The zero-order valence-corrected chi connectivity index (χ0v) is 33.5. The molecule has 0 aliphatic rings. The number of hydrogen-bond acceptors (Lipinski definition) is 9. The summed E-state index contributed by atoms with van der Waals surface area (Å²) in [5.41, 5.74) is 0. The Kier molecular flexibility index (Phi) is 34.1. The summed E-state index contributed by atoms with van der Waals surface area (Å²) < 4.78 is 39.3. The van der Waals surface area contributed by atoms with Crippen molar-refractivity contribution in [2.45, 2.75) is 157 Å². The normalized spacial score (nSPS) is 12.4. The fourth-order valence-corrected chi connectivity index (χ4v) is 17.9. The van der Waals surface area contributed by atoms with Crippen LogP contribution in [0.15, 0.2) is 0 Å². The average Bonchev–Trinajstić information content (AvgIpc) is 3.02. The molecule has 0 bridgehead atoms. The standard InChI is InChI=1S/C32H70O6S3Si2/c1-7-13-19-25-33-42(34-26-20-14-8-2,35-27-21-15-9-3)31-39-41-40-32-43(36-28-22-16-10-4,37-29-23-17-11-5)38-30-24-18-12-6/h7-32H2,1-6H3. The number of rotatable bonds is 36. The molecule has 0 spiro atoms. The third kappa shape index (κ3) is 25.9. The second-order valence-corrected chi connectivity index (χ2v) is 21.7. The molecule has 0 atom stereocenters. The van der Waals surface area contributed by atoms with Crippen LogP contribution in [0.3, 0.4) is 0 Å². The minimum Gasteiger partial charge on any atom is -0.373 e. The first-order valence-electron chi connectivity index (χ1n) is 17.8. The molecule has 11 heteroatoms. The number of unbranched alkanes of at least 4 members (excludes halogenated alkanes) is 12. The fourth-order valence-electron chi connectivity index (χ4n) is 4.20. The van der Waals surface area contributed by atoms with Crippen LogP contribution in [0.4, 0.5) is 0 Å². The lowest BCUT2D eigenvalue weighted by Crippen LogP contribution is -2.50. The lowest BCUT2D eigenvalue weighted by Gasteiger charge is -2.30. The second kappa shape index (κ2) is 33.2. The maximum atomic E-state index is 6.55. The van der Waals surface area contributed by atoms with E-state index in [1.165, 1.54) is 77.0 Å². The van der Waals surface area contributed by atoms with Gasteiger partial charge in [-0.2, -0.15) is 0 Å². The Hall–Kier alpha value is 1.24. The molecule has 260 valence electrons. The summed E-state index contributed by atoms with van der Waals surface area (Å²) in [5, 5.41) is 1.52.